The van der Waals surface area contributed by atoms with Gasteiger partial charge in [-0.05, 0) is 61.5 Å². The Hall–Kier alpha value is -3.47. The van der Waals surface area contributed by atoms with Crippen LogP contribution in [0.2, 0.25) is 0 Å². The van der Waals surface area contributed by atoms with Crippen LogP contribution in [0.4, 0.5) is 15.8 Å². The zero-order chi connectivity index (χ0) is 18.5. The molecule has 0 heterocycles. The molecule has 0 bridgehead atoms. The van der Waals surface area contributed by atoms with E-state index >= 15 is 0 Å². The lowest BCUT2D eigenvalue weighted by atomic mass is 10.1. The van der Waals surface area contributed by atoms with Crippen LogP contribution in [0.3, 0.4) is 0 Å². The average molecular weight is 348 g/mol. The number of anilines is 2. The van der Waals surface area contributed by atoms with Crippen LogP contribution in [0.15, 0.2) is 72.8 Å². The van der Waals surface area contributed by atoms with Crippen LogP contribution in [0.5, 0.6) is 0 Å². The van der Waals surface area contributed by atoms with E-state index in [0.717, 1.165) is 5.56 Å². The molecule has 26 heavy (non-hydrogen) atoms. The summed E-state index contributed by atoms with van der Waals surface area (Å²) in [5, 5.41) is 5.53. The highest BCUT2D eigenvalue weighted by Gasteiger charge is 2.09. The van der Waals surface area contributed by atoms with Crippen molar-refractivity contribution in [1.29, 1.82) is 0 Å². The van der Waals surface area contributed by atoms with Gasteiger partial charge in [-0.2, -0.15) is 0 Å². The Kier molecular flexibility index (Phi) is 5.08. The predicted octanol–water partition coefficient (Wildman–Crippen LogP) is 4.64. The summed E-state index contributed by atoms with van der Waals surface area (Å²) in [6.45, 7) is 1.92. The minimum absolute atomic E-state index is 0.226. The highest BCUT2D eigenvalue weighted by Crippen LogP contribution is 2.17. The number of benzene rings is 3. The summed E-state index contributed by atoms with van der Waals surface area (Å²) < 4.78 is 12.9. The first-order valence-electron chi connectivity index (χ1n) is 8.06. The van der Waals surface area contributed by atoms with Crippen LogP contribution in [-0.4, -0.2) is 11.8 Å². The fourth-order valence-electron chi connectivity index (χ4n) is 2.47. The maximum Gasteiger partial charge on any atom is 0.255 e. The van der Waals surface area contributed by atoms with Crippen LogP contribution >= 0.6 is 0 Å². The van der Waals surface area contributed by atoms with Crippen molar-refractivity contribution in [2.24, 2.45) is 0 Å². The summed E-state index contributed by atoms with van der Waals surface area (Å²) in [6.07, 6.45) is 0. The quantitative estimate of drug-likeness (QED) is 0.722. The van der Waals surface area contributed by atoms with Crippen LogP contribution in [0.1, 0.15) is 26.3 Å². The molecule has 2 amide bonds. The average Bonchev–Trinajstić information content (AvgIpc) is 2.62. The highest BCUT2D eigenvalue weighted by atomic mass is 19.1. The normalized spacial score (nSPS) is 10.2. The summed E-state index contributed by atoms with van der Waals surface area (Å²) in [5.74, 6) is -0.981. The number of hydrogen-bond donors (Lipinski definition) is 2. The molecule has 3 aromatic rings. The third kappa shape index (κ3) is 4.33. The minimum Gasteiger partial charge on any atom is -0.322 e. The summed E-state index contributed by atoms with van der Waals surface area (Å²) in [4.78, 5) is 24.5. The molecule has 0 aromatic heterocycles. The van der Waals surface area contributed by atoms with Crippen molar-refractivity contribution in [3.8, 4) is 0 Å². The lowest BCUT2D eigenvalue weighted by Crippen LogP contribution is -2.14. The van der Waals surface area contributed by atoms with Gasteiger partial charge in [-0.15, -0.1) is 0 Å². The largest absolute Gasteiger partial charge is 0.322 e. The molecule has 0 saturated heterocycles. The first kappa shape index (κ1) is 17.4. The Morgan fingerprint density at radius 3 is 1.92 bits per heavy atom. The number of carbonyl (C=O) groups excluding carboxylic acids is 2. The first-order chi connectivity index (χ1) is 12.5. The van der Waals surface area contributed by atoms with E-state index in [1.807, 2.05) is 19.1 Å². The fourth-order valence-corrected chi connectivity index (χ4v) is 2.47. The maximum atomic E-state index is 12.9. The minimum atomic E-state index is -0.401. The van der Waals surface area contributed by atoms with E-state index < -0.39 is 5.82 Å². The molecule has 0 aliphatic heterocycles. The summed E-state index contributed by atoms with van der Waals surface area (Å²) >= 11 is 0. The van der Waals surface area contributed by atoms with Gasteiger partial charge in [0.15, 0.2) is 0 Å². The Morgan fingerprint density at radius 1 is 0.731 bits per heavy atom. The molecule has 3 aromatic carbocycles. The van der Waals surface area contributed by atoms with Crippen molar-refractivity contribution in [2.45, 2.75) is 6.92 Å². The number of nitrogens with one attached hydrogen (secondary N) is 2. The molecule has 2 N–H and O–H groups in total. The van der Waals surface area contributed by atoms with E-state index in [9.17, 15) is 14.0 Å². The molecular formula is C21H17FN2O2. The van der Waals surface area contributed by atoms with Crippen LogP contribution in [0.25, 0.3) is 0 Å². The monoisotopic (exact) mass is 348 g/mol. The standard InChI is InChI=1S/C21H17FN2O2/c1-14-4-2-5-16(12-14)21(26)24-19-7-3-6-18(13-19)23-20(25)15-8-10-17(22)11-9-15/h2-13H,1H3,(H,23,25)(H,24,26). The Bertz CT molecular complexity index is 952. The van der Waals surface area contributed by atoms with Crippen molar-refractivity contribution in [3.63, 3.8) is 0 Å². The molecule has 0 saturated carbocycles. The maximum absolute atomic E-state index is 12.9. The molecule has 0 spiro atoms. The SMILES string of the molecule is Cc1cccc(C(=O)Nc2cccc(NC(=O)c3ccc(F)cc3)c2)c1. The van der Waals surface area contributed by atoms with E-state index in [-0.39, 0.29) is 11.8 Å². The number of halogens is 1. The van der Waals surface area contributed by atoms with Crippen LogP contribution < -0.4 is 10.6 Å². The smallest absolute Gasteiger partial charge is 0.255 e. The fraction of sp³-hybridized carbons (Fsp3) is 0.0476. The molecule has 0 radical (unpaired) electrons. The molecule has 0 aliphatic rings. The van der Waals surface area contributed by atoms with Gasteiger partial charge >= 0.3 is 0 Å². The summed E-state index contributed by atoms with van der Waals surface area (Å²) in [6, 6.07) is 19.4. The summed E-state index contributed by atoms with van der Waals surface area (Å²) in [7, 11) is 0. The predicted molar refractivity (Wildman–Crippen MR) is 99.9 cm³/mol. The van der Waals surface area contributed by atoms with Gasteiger partial charge < -0.3 is 10.6 Å². The van der Waals surface area contributed by atoms with Crippen molar-refractivity contribution in [1.82, 2.24) is 0 Å². The Balaban J connectivity index is 1.71. The van der Waals surface area contributed by atoms with Crippen molar-refractivity contribution in [2.75, 3.05) is 10.6 Å². The molecule has 130 valence electrons. The van der Waals surface area contributed by atoms with E-state index in [4.69, 9.17) is 0 Å². The van der Waals surface area contributed by atoms with Crippen LogP contribution in [-0.2, 0) is 0 Å². The van der Waals surface area contributed by atoms with Crippen LogP contribution in [0, 0.1) is 12.7 Å². The molecule has 0 atom stereocenters. The van der Waals surface area contributed by atoms with E-state index in [0.29, 0.717) is 22.5 Å². The van der Waals surface area contributed by atoms with Crippen molar-refractivity contribution < 1.29 is 14.0 Å². The number of aryl methyl sites for hydroxylation is 1. The second-order valence-corrected chi connectivity index (χ2v) is 5.87. The molecular weight excluding hydrogens is 331 g/mol. The topological polar surface area (TPSA) is 58.2 Å². The number of rotatable bonds is 4. The number of hydrogen-bond acceptors (Lipinski definition) is 2. The molecule has 0 fully saturated rings. The third-order valence-electron chi connectivity index (χ3n) is 3.76. The number of amides is 2. The zero-order valence-corrected chi connectivity index (χ0v) is 14.1. The van der Waals surface area contributed by atoms with Gasteiger partial charge in [-0.3, -0.25) is 9.59 Å². The first-order valence-corrected chi connectivity index (χ1v) is 8.06. The Morgan fingerprint density at radius 2 is 1.31 bits per heavy atom. The van der Waals surface area contributed by atoms with Crippen molar-refractivity contribution in [3.05, 3.63) is 95.3 Å². The lowest BCUT2D eigenvalue weighted by molar-refractivity contribution is 0.101. The van der Waals surface area contributed by atoms with Gasteiger partial charge in [-0.25, -0.2) is 4.39 Å². The molecule has 5 heteroatoms. The van der Waals surface area contributed by atoms with Gasteiger partial charge in [0.1, 0.15) is 5.82 Å². The van der Waals surface area contributed by atoms with Crippen molar-refractivity contribution >= 4 is 23.2 Å². The van der Waals surface area contributed by atoms with E-state index in [1.165, 1.54) is 24.3 Å². The van der Waals surface area contributed by atoms with E-state index in [2.05, 4.69) is 10.6 Å². The summed E-state index contributed by atoms with van der Waals surface area (Å²) in [5.41, 5.74) is 3.00. The van der Waals surface area contributed by atoms with Gasteiger partial charge in [-0.1, -0.05) is 23.8 Å². The molecule has 0 unspecified atom stereocenters. The van der Waals surface area contributed by atoms with Gasteiger partial charge in [0, 0.05) is 22.5 Å². The lowest BCUT2D eigenvalue weighted by Gasteiger charge is -2.09. The zero-order valence-electron chi connectivity index (χ0n) is 14.1. The molecule has 3 rings (SSSR count). The number of carbonyl (C=O) groups is 2. The third-order valence-corrected chi connectivity index (χ3v) is 3.76. The Labute approximate surface area is 150 Å². The second kappa shape index (κ2) is 7.61. The van der Waals surface area contributed by atoms with Gasteiger partial charge in [0.2, 0.25) is 0 Å². The second-order valence-electron chi connectivity index (χ2n) is 5.87. The van der Waals surface area contributed by atoms with Gasteiger partial charge in [0.25, 0.3) is 11.8 Å². The molecule has 4 nitrogen and oxygen atoms in total. The highest BCUT2D eigenvalue weighted by molar-refractivity contribution is 6.06. The van der Waals surface area contributed by atoms with Gasteiger partial charge in [0.05, 0.1) is 0 Å². The molecule has 0 aliphatic carbocycles. The van der Waals surface area contributed by atoms with E-state index in [1.54, 1.807) is 36.4 Å².